The summed E-state index contributed by atoms with van der Waals surface area (Å²) < 4.78 is 1.08. The van der Waals surface area contributed by atoms with E-state index < -0.39 is 0 Å². The zero-order valence-corrected chi connectivity index (χ0v) is 11.3. The molecule has 0 aliphatic heterocycles. The van der Waals surface area contributed by atoms with E-state index >= 15 is 0 Å². The summed E-state index contributed by atoms with van der Waals surface area (Å²) in [5.74, 6) is 0.355. The summed E-state index contributed by atoms with van der Waals surface area (Å²) in [6.45, 7) is 0.636. The van der Waals surface area contributed by atoms with Crippen LogP contribution in [0.5, 0.6) is 0 Å². The van der Waals surface area contributed by atoms with Gasteiger partial charge in [0, 0.05) is 15.3 Å². The van der Waals surface area contributed by atoms with Crippen LogP contribution in [0, 0.1) is 5.92 Å². The average molecular weight is 300 g/mol. The van der Waals surface area contributed by atoms with Gasteiger partial charge in [-0.05, 0) is 46.6 Å². The monoisotopic (exact) mass is 299 g/mol. The van der Waals surface area contributed by atoms with Gasteiger partial charge >= 0.3 is 0 Å². The third-order valence-electron chi connectivity index (χ3n) is 2.75. The van der Waals surface area contributed by atoms with Crippen molar-refractivity contribution in [1.82, 2.24) is 5.32 Å². The third-order valence-corrected chi connectivity index (χ3v) is 4.68. The van der Waals surface area contributed by atoms with Crippen LogP contribution in [-0.2, 0) is 11.3 Å². The number of carbonyl (C=O) groups excluding carboxylic acids is 1. The SMILES string of the molecule is O=C(NCc1sccc1Br)C1CC=CCC1. The fourth-order valence-electron chi connectivity index (χ4n) is 1.79. The molecule has 1 aromatic heterocycles. The minimum Gasteiger partial charge on any atom is -0.351 e. The second-order valence-electron chi connectivity index (χ2n) is 3.89. The van der Waals surface area contributed by atoms with Gasteiger partial charge in [-0.25, -0.2) is 0 Å². The normalized spacial score (nSPS) is 19.7. The van der Waals surface area contributed by atoms with E-state index in [1.807, 2.05) is 11.4 Å². The van der Waals surface area contributed by atoms with Crippen molar-refractivity contribution in [2.24, 2.45) is 5.92 Å². The van der Waals surface area contributed by atoms with Crippen LogP contribution in [0.25, 0.3) is 0 Å². The van der Waals surface area contributed by atoms with E-state index in [1.54, 1.807) is 11.3 Å². The Labute approximate surface area is 108 Å². The molecular formula is C12H14BrNOS. The molecule has 1 N–H and O–H groups in total. The largest absolute Gasteiger partial charge is 0.351 e. The molecule has 2 rings (SSSR count). The number of hydrogen-bond donors (Lipinski definition) is 1. The molecule has 0 spiro atoms. The highest BCUT2D eigenvalue weighted by Gasteiger charge is 2.18. The van der Waals surface area contributed by atoms with Crippen LogP contribution in [0.2, 0.25) is 0 Å². The summed E-state index contributed by atoms with van der Waals surface area (Å²) >= 11 is 5.12. The maximum atomic E-state index is 11.8. The predicted molar refractivity (Wildman–Crippen MR) is 70.3 cm³/mol. The van der Waals surface area contributed by atoms with E-state index in [0.717, 1.165) is 23.7 Å². The molecule has 16 heavy (non-hydrogen) atoms. The molecule has 4 heteroatoms. The van der Waals surface area contributed by atoms with Gasteiger partial charge in [-0.2, -0.15) is 0 Å². The second-order valence-corrected chi connectivity index (χ2v) is 5.75. The van der Waals surface area contributed by atoms with Crippen molar-refractivity contribution < 1.29 is 4.79 Å². The standard InChI is InChI=1S/C12H14BrNOS/c13-10-6-7-16-11(10)8-14-12(15)9-4-2-1-3-5-9/h1-2,6-7,9H,3-5,8H2,(H,14,15). The molecule has 0 aromatic carbocycles. The Morgan fingerprint density at radius 3 is 3.06 bits per heavy atom. The van der Waals surface area contributed by atoms with Crippen LogP contribution < -0.4 is 5.32 Å². The molecule has 0 radical (unpaired) electrons. The number of amides is 1. The van der Waals surface area contributed by atoms with Gasteiger partial charge in [0.25, 0.3) is 0 Å². The Balaban J connectivity index is 1.84. The maximum absolute atomic E-state index is 11.8. The van der Waals surface area contributed by atoms with Gasteiger partial charge in [0.2, 0.25) is 5.91 Å². The van der Waals surface area contributed by atoms with E-state index in [0.29, 0.717) is 6.54 Å². The minimum atomic E-state index is 0.170. The molecule has 1 aliphatic rings. The Bertz CT molecular complexity index is 399. The number of halogens is 1. The first-order valence-corrected chi connectivity index (χ1v) is 7.09. The number of rotatable bonds is 3. The molecule has 1 amide bonds. The van der Waals surface area contributed by atoms with Crippen molar-refractivity contribution in [3.8, 4) is 0 Å². The van der Waals surface area contributed by atoms with Crippen molar-refractivity contribution >= 4 is 33.2 Å². The van der Waals surface area contributed by atoms with Gasteiger partial charge in [-0.1, -0.05) is 12.2 Å². The molecule has 1 aromatic rings. The highest BCUT2D eigenvalue weighted by Crippen LogP contribution is 2.23. The molecule has 1 aliphatic carbocycles. The van der Waals surface area contributed by atoms with Gasteiger partial charge in [-0.3, -0.25) is 4.79 Å². The number of hydrogen-bond acceptors (Lipinski definition) is 2. The van der Waals surface area contributed by atoms with Gasteiger partial charge < -0.3 is 5.32 Å². The Hall–Kier alpha value is -0.610. The molecule has 2 nitrogen and oxygen atoms in total. The molecule has 0 bridgehead atoms. The van der Waals surface area contributed by atoms with Crippen LogP contribution in [0.1, 0.15) is 24.1 Å². The zero-order chi connectivity index (χ0) is 11.4. The number of carbonyl (C=O) groups is 1. The third kappa shape index (κ3) is 2.95. The van der Waals surface area contributed by atoms with Gasteiger partial charge in [0.05, 0.1) is 6.54 Å². The summed E-state index contributed by atoms with van der Waals surface area (Å²) in [7, 11) is 0. The predicted octanol–water partition coefficient (Wildman–Crippen LogP) is 3.48. The van der Waals surface area contributed by atoms with Crippen molar-refractivity contribution in [3.63, 3.8) is 0 Å². The van der Waals surface area contributed by atoms with Crippen molar-refractivity contribution in [3.05, 3.63) is 32.9 Å². The Morgan fingerprint density at radius 1 is 1.56 bits per heavy atom. The highest BCUT2D eigenvalue weighted by molar-refractivity contribution is 9.10. The lowest BCUT2D eigenvalue weighted by Crippen LogP contribution is -2.30. The molecular weight excluding hydrogens is 286 g/mol. The van der Waals surface area contributed by atoms with Crippen LogP contribution in [-0.4, -0.2) is 5.91 Å². The number of allylic oxidation sites excluding steroid dienone is 2. The molecule has 1 unspecified atom stereocenters. The van der Waals surface area contributed by atoms with Crippen LogP contribution in [0.3, 0.4) is 0 Å². The van der Waals surface area contributed by atoms with E-state index in [2.05, 4.69) is 33.4 Å². The van der Waals surface area contributed by atoms with Crippen molar-refractivity contribution in [1.29, 1.82) is 0 Å². The van der Waals surface area contributed by atoms with Crippen molar-refractivity contribution in [2.75, 3.05) is 0 Å². The molecule has 0 saturated heterocycles. The lowest BCUT2D eigenvalue weighted by molar-refractivity contribution is -0.125. The maximum Gasteiger partial charge on any atom is 0.223 e. The van der Waals surface area contributed by atoms with E-state index in [-0.39, 0.29) is 11.8 Å². The fourth-order valence-corrected chi connectivity index (χ4v) is 3.23. The smallest absolute Gasteiger partial charge is 0.223 e. The summed E-state index contributed by atoms with van der Waals surface area (Å²) in [5, 5.41) is 5.03. The summed E-state index contributed by atoms with van der Waals surface area (Å²) in [6, 6.07) is 2.01. The van der Waals surface area contributed by atoms with Crippen LogP contribution >= 0.6 is 27.3 Å². The lowest BCUT2D eigenvalue weighted by atomic mass is 9.94. The number of nitrogens with one attached hydrogen (secondary N) is 1. The number of thiophene rings is 1. The topological polar surface area (TPSA) is 29.1 Å². The minimum absolute atomic E-state index is 0.170. The lowest BCUT2D eigenvalue weighted by Gasteiger charge is -2.16. The van der Waals surface area contributed by atoms with Gasteiger partial charge in [0.1, 0.15) is 0 Å². The zero-order valence-electron chi connectivity index (χ0n) is 8.91. The van der Waals surface area contributed by atoms with Crippen molar-refractivity contribution in [2.45, 2.75) is 25.8 Å². The van der Waals surface area contributed by atoms with Gasteiger partial charge in [0.15, 0.2) is 0 Å². The Morgan fingerprint density at radius 2 is 2.44 bits per heavy atom. The highest BCUT2D eigenvalue weighted by atomic mass is 79.9. The Kier molecular flexibility index (Phi) is 4.18. The first kappa shape index (κ1) is 11.9. The van der Waals surface area contributed by atoms with E-state index in [4.69, 9.17) is 0 Å². The second kappa shape index (κ2) is 5.64. The first-order valence-electron chi connectivity index (χ1n) is 5.42. The van der Waals surface area contributed by atoms with Gasteiger partial charge in [-0.15, -0.1) is 11.3 Å². The molecule has 1 atom stereocenters. The fraction of sp³-hybridized carbons (Fsp3) is 0.417. The molecule has 0 fully saturated rings. The summed E-state index contributed by atoms with van der Waals surface area (Å²) in [5.41, 5.74) is 0. The quantitative estimate of drug-likeness (QED) is 0.851. The molecule has 0 saturated carbocycles. The van der Waals surface area contributed by atoms with Crippen LogP contribution in [0.4, 0.5) is 0 Å². The molecule has 86 valence electrons. The van der Waals surface area contributed by atoms with E-state index in [9.17, 15) is 4.79 Å². The van der Waals surface area contributed by atoms with E-state index in [1.165, 1.54) is 4.88 Å². The first-order chi connectivity index (χ1) is 7.77. The average Bonchev–Trinajstić information content (AvgIpc) is 2.73. The summed E-state index contributed by atoms with van der Waals surface area (Å²) in [4.78, 5) is 13.0. The van der Waals surface area contributed by atoms with Crippen LogP contribution in [0.15, 0.2) is 28.1 Å². The summed E-state index contributed by atoms with van der Waals surface area (Å²) in [6.07, 6.45) is 7.15. The molecule has 1 heterocycles.